The molecule has 1 aromatic carbocycles. The molecule has 1 heterocycles. The Kier molecular flexibility index (Phi) is 10.1. The van der Waals surface area contributed by atoms with E-state index in [1.165, 1.54) is 37.4 Å². The van der Waals surface area contributed by atoms with Crippen molar-refractivity contribution in [1.29, 1.82) is 0 Å². The lowest BCUT2D eigenvalue weighted by molar-refractivity contribution is -0.155. The van der Waals surface area contributed by atoms with Gasteiger partial charge in [-0.3, -0.25) is 0 Å². The van der Waals surface area contributed by atoms with Crippen molar-refractivity contribution in [2.75, 3.05) is 13.7 Å². The summed E-state index contributed by atoms with van der Waals surface area (Å²) in [5.41, 5.74) is 0.0792. The summed E-state index contributed by atoms with van der Waals surface area (Å²) >= 11 is 0. The van der Waals surface area contributed by atoms with Gasteiger partial charge in [0.25, 0.3) is 0 Å². The molecule has 2 amide bonds. The molecule has 0 fully saturated rings. The first kappa shape index (κ1) is 26.9. The van der Waals surface area contributed by atoms with Crippen LogP contribution < -0.4 is 20.1 Å². The number of amides is 2. The Morgan fingerprint density at radius 3 is 2.22 bits per heavy atom. The van der Waals surface area contributed by atoms with Gasteiger partial charge < -0.3 is 20.1 Å². The fourth-order valence-electron chi connectivity index (χ4n) is 2.31. The molecule has 0 saturated heterocycles. The summed E-state index contributed by atoms with van der Waals surface area (Å²) in [7, 11) is 1.36. The third kappa shape index (κ3) is 9.31. The summed E-state index contributed by atoms with van der Waals surface area (Å²) in [6.07, 6.45) is -8.17. The first-order valence-electron chi connectivity index (χ1n) is 9.37. The number of alkyl halides is 6. The summed E-state index contributed by atoms with van der Waals surface area (Å²) in [4.78, 5) is 15.6. The maximum atomic E-state index is 13.4. The number of urea groups is 1. The summed E-state index contributed by atoms with van der Waals surface area (Å²) in [6, 6.07) is 4.10. The zero-order chi connectivity index (χ0) is 24.4. The molecule has 1 unspecified atom stereocenters. The first-order chi connectivity index (χ1) is 15.0. The zero-order valence-electron chi connectivity index (χ0n) is 17.5. The molecule has 2 rings (SSSR count). The Morgan fingerprint density at radius 1 is 1.06 bits per heavy atom. The number of nitrogens with one attached hydrogen (secondary N) is 2. The standard InChI is InChI=1S/C18H17F6N3O3.C2H6/c1-29-13-4-2-12(3-5-13)15(18(22,23)24)27-16(28)26-9-11-6-7-25-14(8-11)30-10-17(19,20)21;1-2/h2-8,15H,9-10H2,1H3,(H2,26,27,28);1-2H3. The number of nitrogens with zero attached hydrogens (tertiary/aromatic N) is 1. The topological polar surface area (TPSA) is 72.5 Å². The largest absolute Gasteiger partial charge is 0.497 e. The number of ether oxygens (including phenoxy) is 2. The van der Waals surface area contributed by atoms with E-state index in [-0.39, 0.29) is 23.6 Å². The van der Waals surface area contributed by atoms with Gasteiger partial charge in [0, 0.05) is 18.8 Å². The van der Waals surface area contributed by atoms with Crippen LogP contribution in [0.2, 0.25) is 0 Å². The normalized spacial score (nSPS) is 12.2. The average Bonchev–Trinajstić information content (AvgIpc) is 2.75. The average molecular weight is 467 g/mol. The number of benzene rings is 1. The number of halogens is 6. The summed E-state index contributed by atoms with van der Waals surface area (Å²) < 4.78 is 86.0. The molecule has 1 aromatic heterocycles. The molecule has 0 aliphatic heterocycles. The maximum Gasteiger partial charge on any atom is 0.422 e. The van der Waals surface area contributed by atoms with E-state index in [1.54, 1.807) is 0 Å². The second-order valence-corrected chi connectivity index (χ2v) is 5.98. The van der Waals surface area contributed by atoms with E-state index in [1.807, 2.05) is 19.2 Å². The van der Waals surface area contributed by atoms with Crippen LogP contribution in [-0.4, -0.2) is 37.1 Å². The zero-order valence-corrected chi connectivity index (χ0v) is 17.5. The molecule has 0 radical (unpaired) electrons. The molecule has 1 atom stereocenters. The number of carbonyl (C=O) groups is 1. The van der Waals surface area contributed by atoms with Gasteiger partial charge in [0.2, 0.25) is 5.88 Å². The van der Waals surface area contributed by atoms with Crippen LogP contribution in [0.4, 0.5) is 31.1 Å². The third-order valence-electron chi connectivity index (χ3n) is 3.69. The highest BCUT2D eigenvalue weighted by atomic mass is 19.4. The Labute approximate surface area is 180 Å². The van der Waals surface area contributed by atoms with Crippen LogP contribution in [0, 0.1) is 0 Å². The van der Waals surface area contributed by atoms with Gasteiger partial charge in [-0.05, 0) is 29.3 Å². The van der Waals surface area contributed by atoms with E-state index < -0.39 is 31.0 Å². The van der Waals surface area contributed by atoms with Crippen molar-refractivity contribution in [3.05, 3.63) is 53.7 Å². The van der Waals surface area contributed by atoms with E-state index in [4.69, 9.17) is 4.74 Å². The predicted octanol–water partition coefficient (Wildman–Crippen LogP) is 5.16. The number of methoxy groups -OCH3 is 1. The highest BCUT2D eigenvalue weighted by Gasteiger charge is 2.42. The summed E-state index contributed by atoms with van der Waals surface area (Å²) in [6.45, 7) is 2.19. The van der Waals surface area contributed by atoms with Crippen molar-refractivity contribution in [3.8, 4) is 11.6 Å². The molecule has 0 bridgehead atoms. The number of rotatable bonds is 7. The highest BCUT2D eigenvalue weighted by Crippen LogP contribution is 2.33. The number of aromatic nitrogens is 1. The van der Waals surface area contributed by atoms with Crippen molar-refractivity contribution >= 4 is 6.03 Å². The van der Waals surface area contributed by atoms with Crippen molar-refractivity contribution in [1.82, 2.24) is 15.6 Å². The van der Waals surface area contributed by atoms with E-state index >= 15 is 0 Å². The van der Waals surface area contributed by atoms with E-state index in [9.17, 15) is 31.1 Å². The van der Waals surface area contributed by atoms with E-state index in [2.05, 4.69) is 15.0 Å². The van der Waals surface area contributed by atoms with Gasteiger partial charge in [0.1, 0.15) is 5.75 Å². The van der Waals surface area contributed by atoms with Crippen molar-refractivity contribution in [2.24, 2.45) is 0 Å². The highest BCUT2D eigenvalue weighted by molar-refractivity contribution is 5.74. The lowest BCUT2D eigenvalue weighted by Crippen LogP contribution is -2.43. The molecule has 6 nitrogen and oxygen atoms in total. The maximum absolute atomic E-state index is 13.4. The van der Waals surface area contributed by atoms with Gasteiger partial charge >= 0.3 is 18.4 Å². The second-order valence-electron chi connectivity index (χ2n) is 5.98. The third-order valence-corrected chi connectivity index (χ3v) is 3.69. The van der Waals surface area contributed by atoms with Crippen LogP contribution in [0.25, 0.3) is 0 Å². The molecule has 0 aliphatic rings. The molecule has 0 aliphatic carbocycles. The van der Waals surface area contributed by atoms with Gasteiger partial charge in [-0.1, -0.05) is 26.0 Å². The Balaban J connectivity index is 0.00000249. The van der Waals surface area contributed by atoms with Crippen LogP contribution in [0.15, 0.2) is 42.6 Å². The molecule has 2 N–H and O–H groups in total. The van der Waals surface area contributed by atoms with Crippen LogP contribution in [0.5, 0.6) is 11.6 Å². The van der Waals surface area contributed by atoms with Crippen LogP contribution in [-0.2, 0) is 6.54 Å². The van der Waals surface area contributed by atoms with Crippen LogP contribution in [0.1, 0.15) is 31.0 Å². The minimum Gasteiger partial charge on any atom is -0.497 e. The number of carbonyl (C=O) groups excluding carboxylic acids is 1. The minimum atomic E-state index is -4.76. The lowest BCUT2D eigenvalue weighted by Gasteiger charge is -2.22. The van der Waals surface area contributed by atoms with Crippen molar-refractivity contribution in [2.45, 2.75) is 38.8 Å². The predicted molar refractivity (Wildman–Crippen MR) is 104 cm³/mol. The fourth-order valence-corrected chi connectivity index (χ4v) is 2.31. The number of pyridine rings is 1. The molecular weight excluding hydrogens is 444 g/mol. The fraction of sp³-hybridized carbons (Fsp3) is 0.400. The van der Waals surface area contributed by atoms with Crippen molar-refractivity contribution < 1.29 is 40.6 Å². The van der Waals surface area contributed by atoms with Gasteiger partial charge in [0.05, 0.1) is 7.11 Å². The first-order valence-corrected chi connectivity index (χ1v) is 9.37. The van der Waals surface area contributed by atoms with Gasteiger partial charge in [0.15, 0.2) is 12.6 Å². The summed E-state index contributed by atoms with van der Waals surface area (Å²) in [5, 5.41) is 4.04. The minimum absolute atomic E-state index is 0.204. The Bertz CT molecular complexity index is 842. The number of hydrogen-bond donors (Lipinski definition) is 2. The number of hydrogen-bond acceptors (Lipinski definition) is 4. The second kappa shape index (κ2) is 12.0. The molecular formula is C20H23F6N3O3. The Morgan fingerprint density at radius 2 is 1.69 bits per heavy atom. The van der Waals surface area contributed by atoms with E-state index in [0.717, 1.165) is 12.3 Å². The van der Waals surface area contributed by atoms with Crippen LogP contribution in [0.3, 0.4) is 0 Å². The molecule has 178 valence electrons. The van der Waals surface area contributed by atoms with Gasteiger partial charge in [-0.15, -0.1) is 0 Å². The van der Waals surface area contributed by atoms with Gasteiger partial charge in [-0.2, -0.15) is 26.3 Å². The quantitative estimate of drug-likeness (QED) is 0.552. The van der Waals surface area contributed by atoms with Gasteiger partial charge in [-0.25, -0.2) is 9.78 Å². The molecule has 2 aromatic rings. The SMILES string of the molecule is CC.COc1ccc(C(NC(=O)NCc2ccnc(OCC(F)(F)F)c2)C(F)(F)F)cc1. The van der Waals surface area contributed by atoms with Crippen molar-refractivity contribution in [3.63, 3.8) is 0 Å². The van der Waals surface area contributed by atoms with Crippen LogP contribution >= 0.6 is 0 Å². The Hall–Kier alpha value is -3.18. The molecule has 0 saturated carbocycles. The lowest BCUT2D eigenvalue weighted by atomic mass is 10.1. The smallest absolute Gasteiger partial charge is 0.422 e. The molecule has 0 spiro atoms. The van der Waals surface area contributed by atoms with E-state index in [0.29, 0.717) is 5.75 Å². The molecule has 32 heavy (non-hydrogen) atoms. The monoisotopic (exact) mass is 467 g/mol. The summed E-state index contributed by atoms with van der Waals surface area (Å²) in [5.74, 6) is 0.0174. The molecule has 12 heteroatoms.